The van der Waals surface area contributed by atoms with Crippen molar-refractivity contribution in [2.75, 3.05) is 18.8 Å². The first-order valence-electron chi connectivity index (χ1n) is 7.85. The van der Waals surface area contributed by atoms with E-state index < -0.39 is 5.97 Å². The van der Waals surface area contributed by atoms with Gasteiger partial charge in [-0.15, -0.1) is 0 Å². The molecule has 2 aliphatic rings. The van der Waals surface area contributed by atoms with Crippen molar-refractivity contribution in [2.24, 2.45) is 0 Å². The minimum atomic E-state index is -0.838. The highest BCUT2D eigenvalue weighted by molar-refractivity contribution is 8.00. The van der Waals surface area contributed by atoms with Gasteiger partial charge in [-0.3, -0.25) is 4.90 Å². The molecule has 114 valence electrons. The molecule has 1 saturated carbocycles. The molecular weight excluding hydrogens is 282 g/mol. The number of aromatic carboxylic acids is 1. The molecule has 1 aliphatic carbocycles. The highest BCUT2D eigenvalue weighted by atomic mass is 32.2. The van der Waals surface area contributed by atoms with Crippen LogP contribution in [0.5, 0.6) is 0 Å². The van der Waals surface area contributed by atoms with Crippen LogP contribution in [0.25, 0.3) is 0 Å². The monoisotopic (exact) mass is 305 g/mol. The third kappa shape index (κ3) is 3.61. The maximum atomic E-state index is 11.1. The van der Waals surface area contributed by atoms with E-state index in [0.717, 1.165) is 25.2 Å². The van der Waals surface area contributed by atoms with Gasteiger partial charge in [0.25, 0.3) is 0 Å². The summed E-state index contributed by atoms with van der Waals surface area (Å²) in [6.07, 6.45) is 6.83. The van der Waals surface area contributed by atoms with Gasteiger partial charge in [-0.2, -0.15) is 11.8 Å². The Morgan fingerprint density at radius 2 is 2.10 bits per heavy atom. The Labute approximate surface area is 130 Å². The fraction of sp³-hybridized carbons (Fsp3) is 0.588. The van der Waals surface area contributed by atoms with Crippen molar-refractivity contribution in [3.63, 3.8) is 0 Å². The minimum absolute atomic E-state index is 0.395. The number of hydrogen-bond acceptors (Lipinski definition) is 3. The smallest absolute Gasteiger partial charge is 0.335 e. The zero-order valence-corrected chi connectivity index (χ0v) is 13.2. The molecule has 0 aromatic heterocycles. The van der Waals surface area contributed by atoms with E-state index in [1.165, 1.54) is 37.9 Å². The molecule has 0 atom stereocenters. The van der Waals surface area contributed by atoms with Gasteiger partial charge in [-0.05, 0) is 30.5 Å². The quantitative estimate of drug-likeness (QED) is 0.925. The summed E-state index contributed by atoms with van der Waals surface area (Å²) in [5.74, 6) is 0.369. The normalized spacial score (nSPS) is 22.3. The van der Waals surface area contributed by atoms with E-state index in [4.69, 9.17) is 5.11 Å². The van der Waals surface area contributed by atoms with Gasteiger partial charge in [0.1, 0.15) is 0 Å². The lowest BCUT2D eigenvalue weighted by atomic mass is 9.87. The SMILES string of the molecule is O=C(O)c1cccc(CN2CCSC3(CCCCC3)C2)c1. The van der Waals surface area contributed by atoms with Crippen LogP contribution in [0.2, 0.25) is 0 Å². The Morgan fingerprint density at radius 3 is 2.86 bits per heavy atom. The lowest BCUT2D eigenvalue weighted by Crippen LogP contribution is -2.47. The molecule has 21 heavy (non-hydrogen) atoms. The standard InChI is InChI=1S/C17H23NO2S/c19-16(20)15-6-4-5-14(11-15)12-18-9-10-21-17(13-18)7-2-1-3-8-17/h4-6,11H,1-3,7-10,12-13H2,(H,19,20). The summed E-state index contributed by atoms with van der Waals surface area (Å²) < 4.78 is 0.473. The maximum absolute atomic E-state index is 11.1. The van der Waals surface area contributed by atoms with Crippen molar-refractivity contribution in [1.29, 1.82) is 0 Å². The first kappa shape index (κ1) is 14.9. The topological polar surface area (TPSA) is 40.5 Å². The van der Waals surface area contributed by atoms with E-state index in [2.05, 4.69) is 16.7 Å². The maximum Gasteiger partial charge on any atom is 0.335 e. The first-order chi connectivity index (χ1) is 10.2. The first-order valence-corrected chi connectivity index (χ1v) is 8.84. The molecule has 1 saturated heterocycles. The van der Waals surface area contributed by atoms with E-state index in [0.29, 0.717) is 10.3 Å². The lowest BCUT2D eigenvalue weighted by Gasteiger charge is -2.44. The Bertz CT molecular complexity index is 506. The Morgan fingerprint density at radius 1 is 1.29 bits per heavy atom. The summed E-state index contributed by atoms with van der Waals surface area (Å²) in [4.78, 5) is 13.6. The van der Waals surface area contributed by atoms with Crippen molar-refractivity contribution >= 4 is 17.7 Å². The highest BCUT2D eigenvalue weighted by Gasteiger charge is 2.37. The summed E-state index contributed by atoms with van der Waals surface area (Å²) in [6, 6.07) is 7.38. The number of carbonyl (C=O) groups is 1. The second-order valence-corrected chi connectivity index (χ2v) is 7.87. The van der Waals surface area contributed by atoms with Crippen LogP contribution < -0.4 is 0 Å². The zero-order valence-electron chi connectivity index (χ0n) is 12.4. The van der Waals surface area contributed by atoms with E-state index in [1.807, 2.05) is 18.2 Å². The van der Waals surface area contributed by atoms with Crippen molar-refractivity contribution in [1.82, 2.24) is 4.90 Å². The van der Waals surface area contributed by atoms with Crippen LogP contribution in [-0.4, -0.2) is 39.6 Å². The minimum Gasteiger partial charge on any atom is -0.478 e. The molecule has 4 heteroatoms. The highest BCUT2D eigenvalue weighted by Crippen LogP contribution is 2.42. The van der Waals surface area contributed by atoms with Crippen LogP contribution in [-0.2, 0) is 6.54 Å². The summed E-state index contributed by atoms with van der Waals surface area (Å²) in [7, 11) is 0. The Balaban J connectivity index is 1.67. The fourth-order valence-electron chi connectivity index (χ4n) is 3.62. The van der Waals surface area contributed by atoms with E-state index >= 15 is 0 Å². The predicted molar refractivity (Wildman–Crippen MR) is 87.0 cm³/mol. The van der Waals surface area contributed by atoms with Gasteiger partial charge < -0.3 is 5.11 Å². The summed E-state index contributed by atoms with van der Waals surface area (Å²) >= 11 is 2.17. The number of carboxylic acid groups (broad SMARTS) is 1. The largest absolute Gasteiger partial charge is 0.478 e. The van der Waals surface area contributed by atoms with Gasteiger partial charge in [-0.1, -0.05) is 31.4 Å². The molecule has 1 aromatic rings. The number of hydrogen-bond donors (Lipinski definition) is 1. The average Bonchev–Trinajstić information content (AvgIpc) is 2.48. The molecule has 0 amide bonds. The molecule has 2 fully saturated rings. The second-order valence-electron chi connectivity index (χ2n) is 6.31. The number of nitrogens with zero attached hydrogens (tertiary/aromatic N) is 1. The Kier molecular flexibility index (Phi) is 4.55. The van der Waals surface area contributed by atoms with Crippen LogP contribution in [0, 0.1) is 0 Å². The summed E-state index contributed by atoms with van der Waals surface area (Å²) in [6.45, 7) is 3.15. The molecular formula is C17H23NO2S. The van der Waals surface area contributed by atoms with E-state index in [1.54, 1.807) is 6.07 Å². The molecule has 3 nitrogen and oxygen atoms in total. The van der Waals surface area contributed by atoms with Crippen LogP contribution >= 0.6 is 11.8 Å². The lowest BCUT2D eigenvalue weighted by molar-refractivity contribution is 0.0696. The van der Waals surface area contributed by atoms with Gasteiger partial charge in [0.05, 0.1) is 5.56 Å². The number of carboxylic acids is 1. The third-order valence-electron chi connectivity index (χ3n) is 4.67. The van der Waals surface area contributed by atoms with Gasteiger partial charge in [0.2, 0.25) is 0 Å². The van der Waals surface area contributed by atoms with E-state index in [9.17, 15) is 4.79 Å². The van der Waals surface area contributed by atoms with Crippen molar-refractivity contribution in [3.8, 4) is 0 Å². The molecule has 0 bridgehead atoms. The van der Waals surface area contributed by atoms with Crippen LogP contribution in [0.4, 0.5) is 0 Å². The third-order valence-corrected chi connectivity index (χ3v) is 6.21. The molecule has 1 spiro atoms. The molecule has 1 heterocycles. The Hall–Kier alpha value is -1.00. The van der Waals surface area contributed by atoms with Crippen LogP contribution in [0.1, 0.15) is 48.0 Å². The molecule has 1 aromatic carbocycles. The molecule has 1 aliphatic heterocycles. The van der Waals surface area contributed by atoms with Crippen molar-refractivity contribution in [3.05, 3.63) is 35.4 Å². The van der Waals surface area contributed by atoms with Crippen molar-refractivity contribution < 1.29 is 9.90 Å². The van der Waals surface area contributed by atoms with Gasteiger partial charge in [0, 0.05) is 30.1 Å². The summed E-state index contributed by atoms with van der Waals surface area (Å²) in [5.41, 5.74) is 1.51. The van der Waals surface area contributed by atoms with Gasteiger partial charge >= 0.3 is 5.97 Å². The summed E-state index contributed by atoms with van der Waals surface area (Å²) in [5, 5.41) is 9.10. The molecule has 0 unspecified atom stereocenters. The van der Waals surface area contributed by atoms with Gasteiger partial charge in [-0.25, -0.2) is 4.79 Å². The zero-order chi connectivity index (χ0) is 14.7. The van der Waals surface area contributed by atoms with Gasteiger partial charge in [0.15, 0.2) is 0 Å². The number of thioether (sulfide) groups is 1. The number of benzene rings is 1. The van der Waals surface area contributed by atoms with Crippen LogP contribution in [0.15, 0.2) is 24.3 Å². The molecule has 0 radical (unpaired) electrons. The van der Waals surface area contributed by atoms with Crippen LogP contribution in [0.3, 0.4) is 0 Å². The second kappa shape index (κ2) is 6.41. The molecule has 3 rings (SSSR count). The number of rotatable bonds is 3. The van der Waals surface area contributed by atoms with Crippen molar-refractivity contribution in [2.45, 2.75) is 43.4 Å². The average molecular weight is 305 g/mol. The van der Waals surface area contributed by atoms with E-state index in [-0.39, 0.29) is 0 Å². The molecule has 1 N–H and O–H groups in total. The fourth-order valence-corrected chi connectivity index (χ4v) is 5.25. The predicted octanol–water partition coefficient (Wildman–Crippen LogP) is 3.64.